The Balaban J connectivity index is 0. The highest BCUT2D eigenvalue weighted by Crippen LogP contribution is 1.98. The lowest BCUT2D eigenvalue weighted by atomic mass is 10.2. The summed E-state index contributed by atoms with van der Waals surface area (Å²) >= 11 is 0. The van der Waals surface area contributed by atoms with Crippen molar-refractivity contribution in [2.24, 2.45) is 0 Å². The molecule has 0 N–H and O–H groups in total. The van der Waals surface area contributed by atoms with Crippen LogP contribution in [-0.2, 0) is 0 Å². The zero-order chi connectivity index (χ0) is 13.1. The van der Waals surface area contributed by atoms with Crippen LogP contribution in [-0.4, -0.2) is 0 Å². The molecule has 0 aliphatic heterocycles. The molecule has 0 aliphatic rings. The lowest BCUT2D eigenvalue weighted by molar-refractivity contribution is 1.46. The van der Waals surface area contributed by atoms with Crippen molar-refractivity contribution in [2.45, 2.75) is 27.7 Å². The molecule has 0 heteroatoms. The molecule has 0 saturated heterocycles. The van der Waals surface area contributed by atoms with Gasteiger partial charge in [-0.2, -0.15) is 0 Å². The summed E-state index contributed by atoms with van der Waals surface area (Å²) in [6.45, 7) is 22.6. The zero-order valence-electron chi connectivity index (χ0n) is 11.1. The van der Waals surface area contributed by atoms with Crippen LogP contribution in [0.15, 0.2) is 72.9 Å². The average Bonchev–Trinajstić information content (AvgIpc) is 2.14. The largest absolute Gasteiger partial charge is 0.0988 e. The molecule has 0 aromatic heterocycles. The summed E-state index contributed by atoms with van der Waals surface area (Å²) < 4.78 is 0. The molecule has 16 heavy (non-hydrogen) atoms. The minimum Gasteiger partial charge on any atom is -0.0988 e. The first-order valence-corrected chi connectivity index (χ1v) is 5.25. The highest BCUT2D eigenvalue weighted by molar-refractivity contribution is 5.23. The Morgan fingerprint density at radius 2 is 1.12 bits per heavy atom. The standard InChI is InChI=1S/2C8H12/c1-7(2)5-6-8(3)4;1-5-8(4)6-7(2)3/h5-6H,1,3H2,2,4H3;5-6H,1-2H2,3-4H3/b6-5-;8-6-. The van der Waals surface area contributed by atoms with E-state index in [4.69, 9.17) is 0 Å². The predicted octanol–water partition coefficient (Wildman–Crippen LogP) is 5.39. The van der Waals surface area contributed by atoms with Crippen molar-refractivity contribution in [3.8, 4) is 0 Å². The lowest BCUT2D eigenvalue weighted by Crippen LogP contribution is -1.66. The van der Waals surface area contributed by atoms with E-state index in [0.717, 1.165) is 22.3 Å². The fraction of sp³-hybridized carbons (Fsp3) is 0.250. The van der Waals surface area contributed by atoms with Gasteiger partial charge in [0, 0.05) is 0 Å². The second-order valence-corrected chi connectivity index (χ2v) is 3.96. The second-order valence-electron chi connectivity index (χ2n) is 3.96. The minimum atomic E-state index is 1.06. The maximum absolute atomic E-state index is 3.72. The lowest BCUT2D eigenvalue weighted by Gasteiger charge is -1.87. The summed E-state index contributed by atoms with van der Waals surface area (Å²) in [5.41, 5.74) is 4.36. The van der Waals surface area contributed by atoms with E-state index in [1.165, 1.54) is 0 Å². The Bertz CT molecular complexity index is 306. The Kier molecular flexibility index (Phi) is 10.5. The maximum atomic E-state index is 3.72. The number of rotatable bonds is 4. The third-order valence-corrected chi connectivity index (χ3v) is 1.45. The van der Waals surface area contributed by atoms with Gasteiger partial charge < -0.3 is 0 Å². The Morgan fingerprint density at radius 3 is 1.25 bits per heavy atom. The van der Waals surface area contributed by atoms with E-state index >= 15 is 0 Å². The van der Waals surface area contributed by atoms with Crippen molar-refractivity contribution in [1.29, 1.82) is 0 Å². The Labute approximate surface area is 101 Å². The highest BCUT2D eigenvalue weighted by Gasteiger charge is 1.77. The molecule has 0 bridgehead atoms. The molecule has 0 rings (SSSR count). The van der Waals surface area contributed by atoms with Gasteiger partial charge >= 0.3 is 0 Å². The van der Waals surface area contributed by atoms with Gasteiger partial charge in [-0.05, 0) is 27.7 Å². The van der Waals surface area contributed by atoms with E-state index in [1.807, 2.05) is 52.0 Å². The molecule has 0 aromatic rings. The summed E-state index contributed by atoms with van der Waals surface area (Å²) in [4.78, 5) is 0. The smallest absolute Gasteiger partial charge is 0.0398 e. The van der Waals surface area contributed by atoms with E-state index in [2.05, 4.69) is 26.3 Å². The quantitative estimate of drug-likeness (QED) is 0.553. The van der Waals surface area contributed by atoms with Crippen molar-refractivity contribution in [2.75, 3.05) is 0 Å². The van der Waals surface area contributed by atoms with E-state index in [9.17, 15) is 0 Å². The van der Waals surface area contributed by atoms with Gasteiger partial charge in [-0.1, -0.05) is 72.9 Å². The maximum Gasteiger partial charge on any atom is -0.0398 e. The van der Waals surface area contributed by atoms with Crippen molar-refractivity contribution in [3.63, 3.8) is 0 Å². The fourth-order valence-electron chi connectivity index (χ4n) is 0.732. The van der Waals surface area contributed by atoms with Crippen molar-refractivity contribution in [1.82, 2.24) is 0 Å². The third-order valence-electron chi connectivity index (χ3n) is 1.45. The summed E-state index contributed by atoms with van der Waals surface area (Å²) in [6.07, 6.45) is 7.70. The van der Waals surface area contributed by atoms with Crippen LogP contribution in [0.4, 0.5) is 0 Å². The van der Waals surface area contributed by atoms with Gasteiger partial charge in [-0.25, -0.2) is 0 Å². The number of hydrogen-bond acceptors (Lipinski definition) is 0. The summed E-state index contributed by atoms with van der Waals surface area (Å²) in [7, 11) is 0. The Morgan fingerprint density at radius 1 is 0.750 bits per heavy atom. The molecule has 0 aromatic carbocycles. The highest BCUT2D eigenvalue weighted by atomic mass is 13.8. The van der Waals surface area contributed by atoms with E-state index < -0.39 is 0 Å². The molecule has 0 nitrogen and oxygen atoms in total. The Hall–Kier alpha value is -1.56. The zero-order valence-corrected chi connectivity index (χ0v) is 11.1. The molecular weight excluding hydrogens is 192 g/mol. The summed E-state index contributed by atoms with van der Waals surface area (Å²) in [5.74, 6) is 0. The van der Waals surface area contributed by atoms with Crippen LogP contribution in [0, 0.1) is 0 Å². The molecule has 0 aliphatic carbocycles. The molecule has 0 spiro atoms. The van der Waals surface area contributed by atoms with Crippen LogP contribution in [0.2, 0.25) is 0 Å². The van der Waals surface area contributed by atoms with Crippen molar-refractivity contribution in [3.05, 3.63) is 72.9 Å². The first-order valence-electron chi connectivity index (χ1n) is 5.25. The van der Waals surface area contributed by atoms with Crippen LogP contribution < -0.4 is 0 Å². The van der Waals surface area contributed by atoms with Gasteiger partial charge in [0.05, 0.1) is 0 Å². The summed E-state index contributed by atoms with van der Waals surface area (Å²) in [6, 6.07) is 0. The molecule has 0 heterocycles. The summed E-state index contributed by atoms with van der Waals surface area (Å²) in [5, 5.41) is 0. The van der Waals surface area contributed by atoms with Gasteiger partial charge in [0.1, 0.15) is 0 Å². The monoisotopic (exact) mass is 216 g/mol. The van der Waals surface area contributed by atoms with Crippen molar-refractivity contribution >= 4 is 0 Å². The minimum absolute atomic E-state index is 1.06. The molecule has 0 amide bonds. The van der Waals surface area contributed by atoms with Gasteiger partial charge in [0.15, 0.2) is 0 Å². The van der Waals surface area contributed by atoms with Gasteiger partial charge in [-0.15, -0.1) is 0 Å². The number of allylic oxidation sites excluding steroid dienone is 8. The van der Waals surface area contributed by atoms with Crippen LogP contribution >= 0.6 is 0 Å². The third kappa shape index (κ3) is 18.3. The first kappa shape index (κ1) is 16.9. The first-order chi connectivity index (χ1) is 7.29. The van der Waals surface area contributed by atoms with E-state index in [0.29, 0.717) is 0 Å². The van der Waals surface area contributed by atoms with Gasteiger partial charge in [-0.3, -0.25) is 0 Å². The molecule has 0 radical (unpaired) electrons. The van der Waals surface area contributed by atoms with Gasteiger partial charge in [0.25, 0.3) is 0 Å². The molecule has 0 saturated carbocycles. The second kappa shape index (κ2) is 9.97. The van der Waals surface area contributed by atoms with Gasteiger partial charge in [0.2, 0.25) is 0 Å². The topological polar surface area (TPSA) is 0 Å². The average molecular weight is 216 g/mol. The van der Waals surface area contributed by atoms with E-state index in [1.54, 1.807) is 0 Å². The van der Waals surface area contributed by atoms with Crippen LogP contribution in [0.1, 0.15) is 27.7 Å². The normalized spacial score (nSPS) is 10.4. The van der Waals surface area contributed by atoms with Crippen molar-refractivity contribution < 1.29 is 0 Å². The predicted molar refractivity (Wildman–Crippen MR) is 77.5 cm³/mol. The molecule has 0 atom stereocenters. The SMILES string of the molecule is C=C(C)/C=C\C(=C)C.C=C/C(C)=C\C(=C)C. The molecule has 88 valence electrons. The molecule has 0 fully saturated rings. The van der Waals surface area contributed by atoms with E-state index in [-0.39, 0.29) is 0 Å². The molecule has 0 unspecified atom stereocenters. The van der Waals surface area contributed by atoms with Crippen LogP contribution in [0.5, 0.6) is 0 Å². The fourth-order valence-corrected chi connectivity index (χ4v) is 0.732. The molecular formula is C16H24. The van der Waals surface area contributed by atoms with Crippen LogP contribution in [0.3, 0.4) is 0 Å². The number of hydrogen-bond donors (Lipinski definition) is 0. The van der Waals surface area contributed by atoms with Crippen LogP contribution in [0.25, 0.3) is 0 Å².